The lowest BCUT2D eigenvalue weighted by molar-refractivity contribution is -0.144. The van der Waals surface area contributed by atoms with Crippen molar-refractivity contribution < 1.29 is 19.5 Å². The Labute approximate surface area is 128 Å². The van der Waals surface area contributed by atoms with Crippen LogP contribution in [0.2, 0.25) is 0 Å². The standard InChI is InChI=1S/C14H22N2O4S/c17-12-4-2-1-3-5-15(12)9-13(18)16-6-7-21-10-11(16)8-14(19)20/h11H,1-10H2,(H,19,20). The van der Waals surface area contributed by atoms with Crippen LogP contribution in [0.15, 0.2) is 0 Å². The number of amides is 2. The van der Waals surface area contributed by atoms with Crippen LogP contribution in [0.5, 0.6) is 0 Å². The van der Waals surface area contributed by atoms with Gasteiger partial charge in [-0.2, -0.15) is 11.8 Å². The molecule has 2 rings (SSSR count). The lowest BCUT2D eigenvalue weighted by Crippen LogP contribution is -2.51. The zero-order chi connectivity index (χ0) is 15.2. The highest BCUT2D eigenvalue weighted by atomic mass is 32.2. The van der Waals surface area contributed by atoms with E-state index in [9.17, 15) is 14.4 Å². The summed E-state index contributed by atoms with van der Waals surface area (Å²) in [6.45, 7) is 1.31. The molecule has 0 aromatic rings. The summed E-state index contributed by atoms with van der Waals surface area (Å²) >= 11 is 1.68. The van der Waals surface area contributed by atoms with Crippen LogP contribution in [-0.4, -0.2) is 69.9 Å². The Morgan fingerprint density at radius 3 is 2.81 bits per heavy atom. The number of thioether (sulfide) groups is 1. The van der Waals surface area contributed by atoms with Crippen molar-refractivity contribution in [2.45, 2.75) is 38.1 Å². The molecule has 2 heterocycles. The van der Waals surface area contributed by atoms with Crippen molar-refractivity contribution in [2.24, 2.45) is 0 Å². The molecule has 21 heavy (non-hydrogen) atoms. The van der Waals surface area contributed by atoms with E-state index in [1.165, 1.54) is 0 Å². The molecule has 2 aliphatic heterocycles. The number of hydrogen-bond donors (Lipinski definition) is 1. The van der Waals surface area contributed by atoms with E-state index < -0.39 is 5.97 Å². The van der Waals surface area contributed by atoms with Gasteiger partial charge in [-0.05, 0) is 12.8 Å². The minimum atomic E-state index is -0.883. The highest BCUT2D eigenvalue weighted by Crippen LogP contribution is 2.20. The number of aliphatic carboxylic acids is 1. The number of rotatable bonds is 4. The monoisotopic (exact) mass is 314 g/mol. The van der Waals surface area contributed by atoms with Gasteiger partial charge in [-0.1, -0.05) is 6.42 Å². The van der Waals surface area contributed by atoms with Crippen molar-refractivity contribution in [2.75, 3.05) is 31.1 Å². The fourth-order valence-corrected chi connectivity index (χ4v) is 3.88. The molecule has 0 radical (unpaired) electrons. The van der Waals surface area contributed by atoms with E-state index in [-0.39, 0.29) is 30.8 Å². The smallest absolute Gasteiger partial charge is 0.305 e. The number of nitrogens with zero attached hydrogens (tertiary/aromatic N) is 2. The lowest BCUT2D eigenvalue weighted by atomic mass is 10.2. The van der Waals surface area contributed by atoms with Crippen molar-refractivity contribution in [3.05, 3.63) is 0 Å². The lowest BCUT2D eigenvalue weighted by Gasteiger charge is -2.36. The first-order chi connectivity index (χ1) is 10.1. The van der Waals surface area contributed by atoms with Crippen molar-refractivity contribution in [1.82, 2.24) is 9.80 Å². The number of likely N-dealkylation sites (tertiary alicyclic amines) is 1. The Morgan fingerprint density at radius 1 is 1.24 bits per heavy atom. The summed E-state index contributed by atoms with van der Waals surface area (Å²) in [5.74, 6) is 0.534. The van der Waals surface area contributed by atoms with Crippen LogP contribution in [0.3, 0.4) is 0 Å². The van der Waals surface area contributed by atoms with Gasteiger partial charge in [0.05, 0.1) is 19.0 Å². The second kappa shape index (κ2) is 7.68. The third-order valence-electron chi connectivity index (χ3n) is 3.96. The molecular formula is C14H22N2O4S. The van der Waals surface area contributed by atoms with Crippen molar-refractivity contribution in [3.63, 3.8) is 0 Å². The summed E-state index contributed by atoms with van der Waals surface area (Å²) in [6, 6.07) is -0.254. The van der Waals surface area contributed by atoms with Gasteiger partial charge in [0.15, 0.2) is 0 Å². The van der Waals surface area contributed by atoms with Crippen LogP contribution >= 0.6 is 11.8 Å². The summed E-state index contributed by atoms with van der Waals surface area (Å²) < 4.78 is 0. The van der Waals surface area contributed by atoms with Crippen LogP contribution in [0.4, 0.5) is 0 Å². The van der Waals surface area contributed by atoms with E-state index in [1.54, 1.807) is 21.6 Å². The molecule has 2 fully saturated rings. The molecule has 0 aromatic carbocycles. The maximum Gasteiger partial charge on any atom is 0.305 e. The SMILES string of the molecule is O=C(O)CC1CSCCN1C(=O)CN1CCCCCC1=O. The van der Waals surface area contributed by atoms with E-state index in [0.717, 1.165) is 25.0 Å². The molecule has 1 N–H and O–H groups in total. The summed E-state index contributed by atoms with van der Waals surface area (Å²) in [5, 5.41) is 8.95. The van der Waals surface area contributed by atoms with Gasteiger partial charge < -0.3 is 14.9 Å². The molecule has 118 valence electrons. The predicted molar refractivity (Wildman–Crippen MR) is 80.1 cm³/mol. The number of carboxylic acid groups (broad SMARTS) is 1. The van der Waals surface area contributed by atoms with Crippen molar-refractivity contribution >= 4 is 29.5 Å². The molecule has 0 spiro atoms. The number of carbonyl (C=O) groups excluding carboxylic acids is 2. The molecule has 1 unspecified atom stereocenters. The van der Waals surface area contributed by atoms with Gasteiger partial charge in [0.25, 0.3) is 0 Å². The second-order valence-electron chi connectivity index (χ2n) is 5.54. The van der Waals surface area contributed by atoms with Crippen molar-refractivity contribution in [1.29, 1.82) is 0 Å². The van der Waals surface area contributed by atoms with Gasteiger partial charge in [-0.3, -0.25) is 14.4 Å². The Hall–Kier alpha value is -1.24. The first kappa shape index (κ1) is 16.1. The molecule has 2 saturated heterocycles. The molecule has 6 nitrogen and oxygen atoms in total. The van der Waals surface area contributed by atoms with Gasteiger partial charge in [0, 0.05) is 31.0 Å². The van der Waals surface area contributed by atoms with Gasteiger partial charge in [0.2, 0.25) is 11.8 Å². The average Bonchev–Trinajstić information content (AvgIpc) is 2.64. The largest absolute Gasteiger partial charge is 0.481 e. The molecule has 2 amide bonds. The number of carboxylic acids is 1. The highest BCUT2D eigenvalue weighted by molar-refractivity contribution is 7.99. The Morgan fingerprint density at radius 2 is 2.05 bits per heavy atom. The van der Waals surface area contributed by atoms with E-state index in [2.05, 4.69) is 0 Å². The Bertz CT molecular complexity index is 416. The van der Waals surface area contributed by atoms with Gasteiger partial charge >= 0.3 is 5.97 Å². The maximum absolute atomic E-state index is 12.4. The second-order valence-corrected chi connectivity index (χ2v) is 6.69. The maximum atomic E-state index is 12.4. The predicted octanol–water partition coefficient (Wildman–Crippen LogP) is 0.808. The molecule has 2 aliphatic rings. The van der Waals surface area contributed by atoms with E-state index >= 15 is 0 Å². The Balaban J connectivity index is 1.96. The van der Waals surface area contributed by atoms with Crippen LogP contribution in [0.1, 0.15) is 32.1 Å². The van der Waals surface area contributed by atoms with Crippen molar-refractivity contribution in [3.8, 4) is 0 Å². The molecule has 0 bridgehead atoms. The molecule has 7 heteroatoms. The zero-order valence-corrected chi connectivity index (χ0v) is 12.9. The van der Waals surface area contributed by atoms with E-state index in [0.29, 0.717) is 25.3 Å². The first-order valence-corrected chi connectivity index (χ1v) is 8.60. The number of carbonyl (C=O) groups is 3. The van der Waals surface area contributed by atoms with Gasteiger partial charge in [0.1, 0.15) is 0 Å². The van der Waals surface area contributed by atoms with Crippen LogP contribution < -0.4 is 0 Å². The summed E-state index contributed by atoms with van der Waals surface area (Å²) in [6.07, 6.45) is 3.35. The molecular weight excluding hydrogens is 292 g/mol. The summed E-state index contributed by atoms with van der Waals surface area (Å²) in [7, 11) is 0. The molecule has 1 atom stereocenters. The Kier molecular flexibility index (Phi) is 5.90. The third kappa shape index (κ3) is 4.62. The molecule has 0 aliphatic carbocycles. The quantitative estimate of drug-likeness (QED) is 0.831. The first-order valence-electron chi connectivity index (χ1n) is 7.44. The topological polar surface area (TPSA) is 77.9 Å². The fraction of sp³-hybridized carbons (Fsp3) is 0.786. The van der Waals surface area contributed by atoms with E-state index in [1.807, 2.05) is 0 Å². The minimum absolute atomic E-state index is 0.0211. The van der Waals surface area contributed by atoms with E-state index in [4.69, 9.17) is 5.11 Å². The summed E-state index contributed by atoms with van der Waals surface area (Å²) in [5.41, 5.74) is 0. The fourth-order valence-electron chi connectivity index (χ4n) is 2.81. The zero-order valence-electron chi connectivity index (χ0n) is 12.1. The number of hydrogen-bond acceptors (Lipinski definition) is 4. The van der Waals surface area contributed by atoms with Gasteiger partial charge in [-0.25, -0.2) is 0 Å². The van der Waals surface area contributed by atoms with Crippen LogP contribution in [0.25, 0.3) is 0 Å². The van der Waals surface area contributed by atoms with Crippen LogP contribution in [0, 0.1) is 0 Å². The summed E-state index contributed by atoms with van der Waals surface area (Å²) in [4.78, 5) is 38.6. The average molecular weight is 314 g/mol. The third-order valence-corrected chi connectivity index (χ3v) is 5.05. The molecule has 0 saturated carbocycles. The molecule has 0 aromatic heterocycles. The minimum Gasteiger partial charge on any atom is -0.481 e. The van der Waals surface area contributed by atoms with Crippen LogP contribution in [-0.2, 0) is 14.4 Å². The highest BCUT2D eigenvalue weighted by Gasteiger charge is 2.30. The normalized spacial score (nSPS) is 23.8. The van der Waals surface area contributed by atoms with Gasteiger partial charge in [-0.15, -0.1) is 0 Å².